The molecule has 0 radical (unpaired) electrons. The van der Waals surface area contributed by atoms with E-state index in [1.54, 1.807) is 0 Å². The smallest absolute Gasteiger partial charge is 0.306 e. The molecule has 1 unspecified atom stereocenters. The molecular weight excluding hydrogens is 853 g/mol. The Kier molecular flexibility index (Phi) is 56.7. The average Bonchev–Trinajstić information content (AvgIpc) is 3.35. The number of hydrogen-bond donors (Lipinski definition) is 0. The first-order valence-electron chi connectivity index (χ1n) is 30.8. The van der Waals surface area contributed by atoms with Gasteiger partial charge >= 0.3 is 17.9 Å². The largest absolute Gasteiger partial charge is 0.462 e. The van der Waals surface area contributed by atoms with E-state index in [-0.39, 0.29) is 31.1 Å². The molecule has 0 aliphatic rings. The van der Waals surface area contributed by atoms with Crippen molar-refractivity contribution in [3.8, 4) is 0 Å². The third-order valence-corrected chi connectivity index (χ3v) is 14.0. The van der Waals surface area contributed by atoms with Gasteiger partial charge in [0, 0.05) is 19.3 Å². The molecule has 0 aliphatic heterocycles. The van der Waals surface area contributed by atoms with Crippen LogP contribution in [0.5, 0.6) is 0 Å². The second-order valence-electron chi connectivity index (χ2n) is 21.0. The normalized spacial score (nSPS) is 12.1. The fourth-order valence-electron chi connectivity index (χ4n) is 9.30. The van der Waals surface area contributed by atoms with Crippen LogP contribution in [0.2, 0.25) is 0 Å². The molecule has 0 amide bonds. The van der Waals surface area contributed by atoms with Gasteiger partial charge < -0.3 is 14.2 Å². The summed E-state index contributed by atoms with van der Waals surface area (Å²) in [5, 5.41) is 0. The van der Waals surface area contributed by atoms with Gasteiger partial charge in [0.25, 0.3) is 0 Å². The first-order chi connectivity index (χ1) is 34.0. The lowest BCUT2D eigenvalue weighted by molar-refractivity contribution is -0.167. The highest BCUT2D eigenvalue weighted by Crippen LogP contribution is 2.17. The molecule has 406 valence electrons. The number of esters is 3. The van der Waals surface area contributed by atoms with Crippen LogP contribution in [-0.4, -0.2) is 37.2 Å². The molecular formula is C63H118O6. The van der Waals surface area contributed by atoms with Gasteiger partial charge in [-0.1, -0.05) is 295 Å². The van der Waals surface area contributed by atoms with Gasteiger partial charge in [-0.2, -0.15) is 0 Å². The Morgan fingerprint density at radius 2 is 0.522 bits per heavy atom. The summed E-state index contributed by atoms with van der Waals surface area (Å²) in [6.45, 7) is 6.68. The fourth-order valence-corrected chi connectivity index (χ4v) is 9.30. The van der Waals surface area contributed by atoms with E-state index in [4.69, 9.17) is 14.2 Å². The Morgan fingerprint density at radius 3 is 0.812 bits per heavy atom. The summed E-state index contributed by atoms with van der Waals surface area (Å²) >= 11 is 0. The minimum atomic E-state index is -0.774. The van der Waals surface area contributed by atoms with E-state index >= 15 is 0 Å². The van der Waals surface area contributed by atoms with Gasteiger partial charge in [-0.15, -0.1) is 0 Å². The summed E-state index contributed by atoms with van der Waals surface area (Å²) in [6, 6.07) is 0. The quantitative estimate of drug-likeness (QED) is 0.0261. The molecule has 0 aromatic rings. The summed E-state index contributed by atoms with van der Waals surface area (Å²) in [5.41, 5.74) is 0. The van der Waals surface area contributed by atoms with Crippen molar-refractivity contribution in [2.24, 2.45) is 0 Å². The van der Waals surface area contributed by atoms with Crippen molar-refractivity contribution in [1.29, 1.82) is 0 Å². The van der Waals surface area contributed by atoms with Crippen molar-refractivity contribution in [2.75, 3.05) is 13.2 Å². The van der Waals surface area contributed by atoms with Crippen molar-refractivity contribution in [2.45, 2.75) is 348 Å². The molecule has 0 aliphatic carbocycles. The maximum Gasteiger partial charge on any atom is 0.306 e. The van der Waals surface area contributed by atoms with Gasteiger partial charge in [0.05, 0.1) is 0 Å². The number of hydrogen-bond acceptors (Lipinski definition) is 6. The maximum atomic E-state index is 12.9. The maximum absolute atomic E-state index is 12.9. The Morgan fingerprint density at radius 1 is 0.290 bits per heavy atom. The van der Waals surface area contributed by atoms with E-state index in [1.807, 2.05) is 0 Å². The molecule has 6 heteroatoms. The molecule has 0 fully saturated rings. The van der Waals surface area contributed by atoms with Crippen LogP contribution in [-0.2, 0) is 28.6 Å². The summed E-state index contributed by atoms with van der Waals surface area (Å²) in [5.74, 6) is -0.859. The Hall–Kier alpha value is -2.11. The van der Waals surface area contributed by atoms with Gasteiger partial charge in [-0.05, 0) is 51.4 Å². The predicted molar refractivity (Wildman–Crippen MR) is 298 cm³/mol. The summed E-state index contributed by atoms with van der Waals surface area (Å²) < 4.78 is 16.9. The number of carbonyl (C=O) groups excluding carboxylic acids is 3. The molecule has 0 aromatic heterocycles. The third kappa shape index (κ3) is 56.7. The lowest BCUT2D eigenvalue weighted by atomic mass is 10.0. The topological polar surface area (TPSA) is 78.9 Å². The van der Waals surface area contributed by atoms with Crippen LogP contribution in [0.1, 0.15) is 342 Å². The zero-order chi connectivity index (χ0) is 50.0. The molecule has 0 saturated carbocycles. The molecule has 0 N–H and O–H groups in total. The number of allylic oxidation sites excluding steroid dienone is 4. The number of unbranched alkanes of at least 4 members (excludes halogenated alkanes) is 42. The molecule has 0 rings (SSSR count). The third-order valence-electron chi connectivity index (χ3n) is 14.0. The van der Waals surface area contributed by atoms with Gasteiger partial charge in [-0.3, -0.25) is 14.4 Å². The molecule has 69 heavy (non-hydrogen) atoms. The van der Waals surface area contributed by atoms with Crippen LogP contribution in [0.25, 0.3) is 0 Å². The van der Waals surface area contributed by atoms with E-state index < -0.39 is 6.10 Å². The standard InChI is InChI=1S/C63H118O6/c1-4-7-10-13-16-19-22-25-28-31-32-33-36-38-41-44-47-50-53-56-62(65)68-59-60(69-63(66)57-54-51-48-45-42-39-35-30-27-24-21-18-15-12-9-6-3)58-67-61(64)55-52-49-46-43-40-37-34-29-26-23-20-17-14-11-8-5-2/h21,24,30,35,60H,4-20,22-23,25-29,31-34,36-59H2,1-3H3/b24-21-,35-30-. The van der Waals surface area contributed by atoms with Crippen molar-refractivity contribution in [1.82, 2.24) is 0 Å². The van der Waals surface area contributed by atoms with Crippen LogP contribution in [0.3, 0.4) is 0 Å². The lowest BCUT2D eigenvalue weighted by Gasteiger charge is -2.18. The highest BCUT2D eigenvalue weighted by molar-refractivity contribution is 5.71. The molecule has 0 bridgehead atoms. The summed E-state index contributed by atoms with van der Waals surface area (Å²) in [4.78, 5) is 38.2. The van der Waals surface area contributed by atoms with Crippen molar-refractivity contribution >= 4 is 17.9 Å². The summed E-state index contributed by atoms with van der Waals surface area (Å²) in [7, 11) is 0. The number of carbonyl (C=O) groups is 3. The van der Waals surface area contributed by atoms with Crippen molar-refractivity contribution in [3.05, 3.63) is 24.3 Å². The van der Waals surface area contributed by atoms with E-state index in [1.165, 1.54) is 225 Å². The van der Waals surface area contributed by atoms with E-state index in [9.17, 15) is 14.4 Å². The van der Waals surface area contributed by atoms with Crippen LogP contribution in [0.4, 0.5) is 0 Å². The molecule has 0 spiro atoms. The minimum absolute atomic E-state index is 0.0711. The Labute approximate surface area is 430 Å². The highest BCUT2D eigenvalue weighted by Gasteiger charge is 2.19. The molecule has 0 heterocycles. The average molecular weight is 972 g/mol. The molecule has 0 saturated heterocycles. The highest BCUT2D eigenvalue weighted by atomic mass is 16.6. The summed E-state index contributed by atoms with van der Waals surface area (Å²) in [6.07, 6.45) is 68.9. The predicted octanol–water partition coefficient (Wildman–Crippen LogP) is 20.7. The zero-order valence-corrected chi connectivity index (χ0v) is 46.6. The lowest BCUT2D eigenvalue weighted by Crippen LogP contribution is -2.30. The monoisotopic (exact) mass is 971 g/mol. The first-order valence-corrected chi connectivity index (χ1v) is 30.8. The van der Waals surface area contributed by atoms with Crippen LogP contribution < -0.4 is 0 Å². The van der Waals surface area contributed by atoms with Gasteiger partial charge in [0.2, 0.25) is 0 Å². The van der Waals surface area contributed by atoms with Crippen LogP contribution in [0, 0.1) is 0 Å². The molecule has 6 nitrogen and oxygen atoms in total. The van der Waals surface area contributed by atoms with E-state index in [0.717, 1.165) is 77.0 Å². The Bertz CT molecular complexity index is 1110. The van der Waals surface area contributed by atoms with Crippen molar-refractivity contribution < 1.29 is 28.6 Å². The fraction of sp³-hybridized carbons (Fsp3) is 0.889. The van der Waals surface area contributed by atoms with E-state index in [0.29, 0.717) is 19.3 Å². The van der Waals surface area contributed by atoms with Crippen LogP contribution in [0.15, 0.2) is 24.3 Å². The van der Waals surface area contributed by atoms with Gasteiger partial charge in [-0.25, -0.2) is 0 Å². The number of ether oxygens (including phenoxy) is 3. The second kappa shape index (κ2) is 58.5. The SMILES string of the molecule is CCCCCC/C=C\C/C=C\CCCCCCCC(=O)OC(COC(=O)CCCCCCCCCCCCCCCCCC)COC(=O)CCCCCCCCCCCCCCCCCCCCC. The second-order valence-corrected chi connectivity index (χ2v) is 21.0. The molecule has 1 atom stereocenters. The van der Waals surface area contributed by atoms with Gasteiger partial charge in [0.15, 0.2) is 6.10 Å². The zero-order valence-electron chi connectivity index (χ0n) is 46.6. The van der Waals surface area contributed by atoms with Crippen molar-refractivity contribution in [3.63, 3.8) is 0 Å². The van der Waals surface area contributed by atoms with Gasteiger partial charge in [0.1, 0.15) is 13.2 Å². The Balaban J connectivity index is 4.32. The van der Waals surface area contributed by atoms with E-state index in [2.05, 4.69) is 45.1 Å². The van der Waals surface area contributed by atoms with Crippen LogP contribution >= 0.6 is 0 Å². The molecule has 0 aromatic carbocycles. The minimum Gasteiger partial charge on any atom is -0.462 e. The number of rotatable bonds is 57. The first kappa shape index (κ1) is 66.9.